The lowest BCUT2D eigenvalue weighted by molar-refractivity contribution is -0.132. The quantitative estimate of drug-likeness (QED) is 0.657. The SMILES string of the molecule is Cc1ccccc1C(=O)NC(CC(C)C)C(=O)N(C)Cc1ccc(OC(F)F)cc1. The Hall–Kier alpha value is -2.96. The van der Waals surface area contributed by atoms with Gasteiger partial charge in [-0.05, 0) is 48.6 Å². The zero-order valence-corrected chi connectivity index (χ0v) is 17.7. The molecular weight excluding hydrogens is 390 g/mol. The molecular formula is C23H28F2N2O3. The third-order valence-electron chi connectivity index (χ3n) is 4.64. The van der Waals surface area contributed by atoms with Crippen molar-refractivity contribution in [2.24, 2.45) is 5.92 Å². The summed E-state index contributed by atoms with van der Waals surface area (Å²) in [6.07, 6.45) is 0.502. The molecule has 0 saturated heterocycles. The molecule has 0 bridgehead atoms. The predicted molar refractivity (Wildman–Crippen MR) is 111 cm³/mol. The summed E-state index contributed by atoms with van der Waals surface area (Å²) in [5, 5.41) is 2.87. The first-order valence-corrected chi connectivity index (χ1v) is 9.82. The lowest BCUT2D eigenvalue weighted by Crippen LogP contribution is -2.47. The monoisotopic (exact) mass is 418 g/mol. The molecule has 0 aliphatic heterocycles. The van der Waals surface area contributed by atoms with Gasteiger partial charge in [0.05, 0.1) is 0 Å². The predicted octanol–water partition coefficient (Wildman–Crippen LogP) is 4.40. The molecule has 0 aromatic heterocycles. The van der Waals surface area contributed by atoms with Crippen LogP contribution in [0.4, 0.5) is 8.78 Å². The van der Waals surface area contributed by atoms with E-state index in [9.17, 15) is 18.4 Å². The maximum Gasteiger partial charge on any atom is 0.387 e. The van der Waals surface area contributed by atoms with Crippen molar-refractivity contribution in [1.29, 1.82) is 0 Å². The van der Waals surface area contributed by atoms with Gasteiger partial charge in [-0.15, -0.1) is 0 Å². The van der Waals surface area contributed by atoms with E-state index >= 15 is 0 Å². The summed E-state index contributed by atoms with van der Waals surface area (Å²) < 4.78 is 28.9. The minimum absolute atomic E-state index is 0.0610. The smallest absolute Gasteiger partial charge is 0.387 e. The van der Waals surface area contributed by atoms with Crippen LogP contribution in [-0.2, 0) is 11.3 Å². The molecule has 2 rings (SSSR count). The third kappa shape index (κ3) is 6.83. The number of aryl methyl sites for hydroxylation is 1. The molecule has 5 nitrogen and oxygen atoms in total. The minimum Gasteiger partial charge on any atom is -0.435 e. The number of nitrogens with zero attached hydrogens (tertiary/aromatic N) is 1. The maximum absolute atomic E-state index is 13.0. The summed E-state index contributed by atoms with van der Waals surface area (Å²) in [5.41, 5.74) is 2.14. The molecule has 1 unspecified atom stereocenters. The van der Waals surface area contributed by atoms with Crippen LogP contribution in [0, 0.1) is 12.8 Å². The molecule has 0 aliphatic carbocycles. The van der Waals surface area contributed by atoms with Gasteiger partial charge in [0.1, 0.15) is 11.8 Å². The summed E-state index contributed by atoms with van der Waals surface area (Å²) in [7, 11) is 1.65. The molecule has 2 aromatic rings. The number of ether oxygens (including phenoxy) is 1. The van der Waals surface area contributed by atoms with Gasteiger partial charge in [0.15, 0.2) is 0 Å². The molecule has 2 aromatic carbocycles. The Labute approximate surface area is 176 Å². The number of carbonyl (C=O) groups excluding carboxylic acids is 2. The molecule has 0 heterocycles. The van der Waals surface area contributed by atoms with E-state index in [1.54, 1.807) is 31.3 Å². The van der Waals surface area contributed by atoms with Crippen LogP contribution in [-0.4, -0.2) is 36.4 Å². The van der Waals surface area contributed by atoms with Gasteiger partial charge in [-0.2, -0.15) is 8.78 Å². The molecule has 30 heavy (non-hydrogen) atoms. The van der Waals surface area contributed by atoms with E-state index < -0.39 is 12.7 Å². The first-order chi connectivity index (χ1) is 14.2. The van der Waals surface area contributed by atoms with Crippen molar-refractivity contribution in [3.8, 4) is 5.75 Å². The van der Waals surface area contributed by atoms with E-state index in [-0.39, 0.29) is 30.0 Å². The zero-order chi connectivity index (χ0) is 22.3. The Bertz CT molecular complexity index is 854. The van der Waals surface area contributed by atoms with E-state index in [2.05, 4.69) is 10.1 Å². The molecule has 0 saturated carbocycles. The Balaban J connectivity index is 2.08. The van der Waals surface area contributed by atoms with Crippen LogP contribution in [0.25, 0.3) is 0 Å². The molecule has 2 amide bonds. The second kappa shape index (κ2) is 10.7. The molecule has 162 valence electrons. The van der Waals surface area contributed by atoms with E-state index in [1.165, 1.54) is 17.0 Å². The number of carbonyl (C=O) groups is 2. The second-order valence-electron chi connectivity index (χ2n) is 7.69. The normalized spacial score (nSPS) is 12.0. The highest BCUT2D eigenvalue weighted by atomic mass is 19.3. The van der Waals surface area contributed by atoms with E-state index in [1.807, 2.05) is 32.9 Å². The van der Waals surface area contributed by atoms with Gasteiger partial charge in [-0.1, -0.05) is 44.2 Å². The lowest BCUT2D eigenvalue weighted by atomic mass is 10.0. The minimum atomic E-state index is -2.88. The highest BCUT2D eigenvalue weighted by molar-refractivity contribution is 5.98. The maximum atomic E-state index is 13.0. The fourth-order valence-corrected chi connectivity index (χ4v) is 3.15. The van der Waals surface area contributed by atoms with Crippen molar-refractivity contribution < 1.29 is 23.1 Å². The molecule has 0 fully saturated rings. The molecule has 7 heteroatoms. The van der Waals surface area contributed by atoms with Gasteiger partial charge in [0, 0.05) is 19.2 Å². The van der Waals surface area contributed by atoms with Crippen LogP contribution in [0.5, 0.6) is 5.75 Å². The van der Waals surface area contributed by atoms with Crippen LogP contribution in [0.1, 0.15) is 41.8 Å². The fraction of sp³-hybridized carbons (Fsp3) is 0.391. The number of rotatable bonds is 9. The summed E-state index contributed by atoms with van der Waals surface area (Å²) >= 11 is 0. The molecule has 0 aliphatic rings. The van der Waals surface area contributed by atoms with Crippen LogP contribution in [0.3, 0.4) is 0 Å². The average Bonchev–Trinajstić information content (AvgIpc) is 2.67. The number of nitrogens with one attached hydrogen (secondary N) is 1. The van der Waals surface area contributed by atoms with Gasteiger partial charge in [-0.25, -0.2) is 0 Å². The van der Waals surface area contributed by atoms with Gasteiger partial charge >= 0.3 is 6.61 Å². The Kier molecular flexibility index (Phi) is 8.33. The zero-order valence-electron chi connectivity index (χ0n) is 17.7. The van der Waals surface area contributed by atoms with Crippen molar-refractivity contribution >= 4 is 11.8 Å². The summed E-state index contributed by atoms with van der Waals surface area (Å²) in [6, 6.07) is 12.7. The fourth-order valence-electron chi connectivity index (χ4n) is 3.15. The number of hydrogen-bond donors (Lipinski definition) is 1. The van der Waals surface area contributed by atoms with Gasteiger partial charge in [-0.3, -0.25) is 9.59 Å². The Morgan fingerprint density at radius 1 is 1.07 bits per heavy atom. The highest BCUT2D eigenvalue weighted by Crippen LogP contribution is 2.17. The molecule has 1 atom stereocenters. The van der Waals surface area contributed by atoms with Crippen molar-refractivity contribution in [3.63, 3.8) is 0 Å². The molecule has 0 spiro atoms. The number of likely N-dealkylation sites (N-methyl/N-ethyl adjacent to an activating group) is 1. The number of halogens is 2. The van der Waals surface area contributed by atoms with Crippen molar-refractivity contribution in [3.05, 3.63) is 65.2 Å². The van der Waals surface area contributed by atoms with Crippen LogP contribution < -0.4 is 10.1 Å². The van der Waals surface area contributed by atoms with E-state index in [0.717, 1.165) is 11.1 Å². The Morgan fingerprint density at radius 2 is 1.70 bits per heavy atom. The standard InChI is InChI=1S/C23H28F2N2O3/c1-15(2)13-20(26-21(28)19-8-6-5-7-16(19)3)22(29)27(4)14-17-9-11-18(12-10-17)30-23(24)25/h5-12,15,20,23H,13-14H2,1-4H3,(H,26,28). The van der Waals surface area contributed by atoms with Gasteiger partial charge in [0.2, 0.25) is 5.91 Å². The van der Waals surface area contributed by atoms with Crippen LogP contribution in [0.2, 0.25) is 0 Å². The number of hydrogen-bond acceptors (Lipinski definition) is 3. The number of alkyl halides is 2. The number of amides is 2. The Morgan fingerprint density at radius 3 is 2.27 bits per heavy atom. The van der Waals surface area contributed by atoms with Crippen molar-refractivity contribution in [2.75, 3.05) is 7.05 Å². The van der Waals surface area contributed by atoms with Gasteiger partial charge < -0.3 is 15.0 Å². The van der Waals surface area contributed by atoms with Crippen molar-refractivity contribution in [2.45, 2.75) is 46.4 Å². The lowest BCUT2D eigenvalue weighted by Gasteiger charge is -2.26. The van der Waals surface area contributed by atoms with Crippen LogP contribution >= 0.6 is 0 Å². The van der Waals surface area contributed by atoms with E-state index in [4.69, 9.17) is 0 Å². The molecule has 0 radical (unpaired) electrons. The van der Waals surface area contributed by atoms with Crippen LogP contribution in [0.15, 0.2) is 48.5 Å². The second-order valence-corrected chi connectivity index (χ2v) is 7.69. The van der Waals surface area contributed by atoms with Crippen molar-refractivity contribution in [1.82, 2.24) is 10.2 Å². The summed E-state index contributed by atoms with van der Waals surface area (Å²) in [4.78, 5) is 27.3. The first-order valence-electron chi connectivity index (χ1n) is 9.82. The average molecular weight is 418 g/mol. The van der Waals surface area contributed by atoms with E-state index in [0.29, 0.717) is 12.0 Å². The summed E-state index contributed by atoms with van der Waals surface area (Å²) in [6.45, 7) is 3.22. The number of benzene rings is 2. The highest BCUT2D eigenvalue weighted by Gasteiger charge is 2.26. The topological polar surface area (TPSA) is 58.6 Å². The van der Waals surface area contributed by atoms with Gasteiger partial charge in [0.25, 0.3) is 5.91 Å². The largest absolute Gasteiger partial charge is 0.435 e. The third-order valence-corrected chi connectivity index (χ3v) is 4.64. The summed E-state index contributed by atoms with van der Waals surface area (Å²) in [5.74, 6) is -0.228. The first kappa shape index (κ1) is 23.3. The molecule has 1 N–H and O–H groups in total.